The minimum absolute atomic E-state index is 0.541. The van der Waals surface area contributed by atoms with Gasteiger partial charge in [0.05, 0.1) is 16.8 Å². The number of aryl methyl sites for hydroxylation is 3. The zero-order valence-electron chi connectivity index (χ0n) is 10.7. The van der Waals surface area contributed by atoms with E-state index in [4.69, 9.17) is 11.6 Å². The average molecular weight is 282 g/mol. The van der Waals surface area contributed by atoms with E-state index < -0.39 is 6.10 Å². The fourth-order valence-electron chi connectivity index (χ4n) is 1.87. The van der Waals surface area contributed by atoms with Crippen molar-refractivity contribution in [2.24, 2.45) is 0 Å². The Morgan fingerprint density at radius 3 is 2.56 bits per heavy atom. The van der Waals surface area contributed by atoms with Crippen LogP contribution in [0, 0.1) is 20.8 Å². The number of aromatic nitrogens is 1. The smallest absolute Gasteiger partial charge is 0.0960 e. The largest absolute Gasteiger partial charge is 0.388 e. The number of hydrogen-bond donors (Lipinski definition) is 1. The molecule has 0 aliphatic carbocycles. The van der Waals surface area contributed by atoms with Crippen molar-refractivity contribution in [3.8, 4) is 0 Å². The maximum atomic E-state index is 10.2. The molecule has 2 nitrogen and oxygen atoms in total. The second-order valence-electron chi connectivity index (χ2n) is 4.53. The van der Waals surface area contributed by atoms with E-state index in [1.54, 1.807) is 11.3 Å². The van der Waals surface area contributed by atoms with E-state index in [0.29, 0.717) is 11.4 Å². The zero-order valence-corrected chi connectivity index (χ0v) is 12.3. The minimum Gasteiger partial charge on any atom is -0.388 e. The van der Waals surface area contributed by atoms with Gasteiger partial charge in [-0.1, -0.05) is 17.7 Å². The highest BCUT2D eigenvalue weighted by molar-refractivity contribution is 7.11. The molecule has 1 unspecified atom stereocenters. The second-order valence-corrected chi connectivity index (χ2v) is 6.26. The lowest BCUT2D eigenvalue weighted by Crippen LogP contribution is -2.02. The highest BCUT2D eigenvalue weighted by Gasteiger charge is 2.13. The van der Waals surface area contributed by atoms with Crippen LogP contribution in [0.25, 0.3) is 0 Å². The molecular weight excluding hydrogens is 266 g/mol. The molecule has 0 aliphatic rings. The second kappa shape index (κ2) is 5.39. The number of hydrogen-bond acceptors (Lipinski definition) is 3. The summed E-state index contributed by atoms with van der Waals surface area (Å²) >= 11 is 7.64. The van der Waals surface area contributed by atoms with Crippen molar-refractivity contribution in [3.63, 3.8) is 0 Å². The average Bonchev–Trinajstić information content (AvgIpc) is 2.56. The first-order valence-corrected chi connectivity index (χ1v) is 7.03. The molecule has 1 aromatic carbocycles. The highest BCUT2D eigenvalue weighted by Crippen LogP contribution is 2.26. The Hall–Kier alpha value is -0.900. The molecule has 1 N–H and O–H groups in total. The van der Waals surface area contributed by atoms with Gasteiger partial charge in [0.1, 0.15) is 0 Å². The molecule has 0 aliphatic heterocycles. The van der Waals surface area contributed by atoms with Crippen LogP contribution in [0.3, 0.4) is 0 Å². The summed E-state index contributed by atoms with van der Waals surface area (Å²) < 4.78 is 0. The van der Waals surface area contributed by atoms with Crippen LogP contribution in [0.5, 0.6) is 0 Å². The summed E-state index contributed by atoms with van der Waals surface area (Å²) in [5.74, 6) is 0. The third kappa shape index (κ3) is 3.10. The Morgan fingerprint density at radius 2 is 2.00 bits per heavy atom. The molecule has 0 spiro atoms. The van der Waals surface area contributed by atoms with E-state index in [1.165, 1.54) is 4.88 Å². The lowest BCUT2D eigenvalue weighted by Gasteiger charge is -2.10. The number of thiazole rings is 1. The first-order chi connectivity index (χ1) is 8.45. The van der Waals surface area contributed by atoms with Gasteiger partial charge >= 0.3 is 0 Å². The molecule has 1 aromatic heterocycles. The van der Waals surface area contributed by atoms with Gasteiger partial charge in [0.2, 0.25) is 0 Å². The van der Waals surface area contributed by atoms with Crippen molar-refractivity contribution in [1.82, 2.24) is 4.98 Å². The highest BCUT2D eigenvalue weighted by atomic mass is 35.5. The predicted octanol–water partition coefficient (Wildman–Crippen LogP) is 4.00. The lowest BCUT2D eigenvalue weighted by atomic mass is 10.0. The van der Waals surface area contributed by atoms with Crippen LogP contribution in [0.2, 0.25) is 5.02 Å². The van der Waals surface area contributed by atoms with Gasteiger partial charge in [-0.3, -0.25) is 0 Å². The van der Waals surface area contributed by atoms with E-state index in [9.17, 15) is 5.11 Å². The van der Waals surface area contributed by atoms with Crippen molar-refractivity contribution in [2.75, 3.05) is 0 Å². The van der Waals surface area contributed by atoms with Crippen LogP contribution in [0.1, 0.15) is 32.8 Å². The van der Waals surface area contributed by atoms with E-state index >= 15 is 0 Å². The van der Waals surface area contributed by atoms with Gasteiger partial charge in [0.25, 0.3) is 0 Å². The van der Waals surface area contributed by atoms with Crippen LogP contribution in [0.15, 0.2) is 18.2 Å². The van der Waals surface area contributed by atoms with Crippen molar-refractivity contribution in [3.05, 3.63) is 49.9 Å². The van der Waals surface area contributed by atoms with E-state index in [-0.39, 0.29) is 0 Å². The van der Waals surface area contributed by atoms with Crippen LogP contribution < -0.4 is 0 Å². The van der Waals surface area contributed by atoms with Gasteiger partial charge in [-0.25, -0.2) is 4.98 Å². The molecule has 0 amide bonds. The molecule has 0 saturated heterocycles. The Balaban J connectivity index is 2.18. The Kier molecular flexibility index (Phi) is 4.05. The molecule has 2 rings (SSSR count). The first kappa shape index (κ1) is 13.5. The van der Waals surface area contributed by atoms with Gasteiger partial charge in [-0.2, -0.15) is 0 Å². The molecule has 96 valence electrons. The van der Waals surface area contributed by atoms with E-state index in [2.05, 4.69) is 4.98 Å². The van der Waals surface area contributed by atoms with Gasteiger partial charge < -0.3 is 5.11 Å². The predicted molar refractivity (Wildman–Crippen MR) is 76.4 cm³/mol. The van der Waals surface area contributed by atoms with Crippen LogP contribution >= 0.6 is 22.9 Å². The van der Waals surface area contributed by atoms with Crippen LogP contribution in [-0.4, -0.2) is 10.1 Å². The summed E-state index contributed by atoms with van der Waals surface area (Å²) in [6.07, 6.45) is -0.00795. The normalized spacial score (nSPS) is 12.7. The van der Waals surface area contributed by atoms with Gasteiger partial charge in [0.15, 0.2) is 0 Å². The van der Waals surface area contributed by atoms with Crippen LogP contribution in [0.4, 0.5) is 0 Å². The number of rotatable bonds is 3. The summed E-state index contributed by atoms with van der Waals surface area (Å²) in [6, 6.07) is 5.66. The topological polar surface area (TPSA) is 33.1 Å². The summed E-state index contributed by atoms with van der Waals surface area (Å²) in [7, 11) is 0. The lowest BCUT2D eigenvalue weighted by molar-refractivity contribution is 0.178. The van der Waals surface area contributed by atoms with Crippen molar-refractivity contribution in [2.45, 2.75) is 33.3 Å². The minimum atomic E-state index is -0.549. The molecule has 18 heavy (non-hydrogen) atoms. The molecule has 2 aromatic rings. The molecule has 0 fully saturated rings. The molecule has 1 heterocycles. The fourth-order valence-corrected chi connectivity index (χ4v) is 3.14. The third-order valence-electron chi connectivity index (χ3n) is 2.89. The third-order valence-corrected chi connectivity index (χ3v) is 4.20. The molecule has 1 atom stereocenters. The van der Waals surface area contributed by atoms with Gasteiger partial charge in [-0.05, 0) is 44.0 Å². The van der Waals surface area contributed by atoms with Crippen LogP contribution in [-0.2, 0) is 6.42 Å². The Morgan fingerprint density at radius 1 is 1.28 bits per heavy atom. The Labute approximate surface area is 116 Å². The SMILES string of the molecule is Cc1cc(Cl)cc(C(O)Cc2nc(C)c(C)s2)c1. The summed E-state index contributed by atoms with van der Waals surface area (Å²) in [6.45, 7) is 6.01. The van der Waals surface area contributed by atoms with E-state index in [1.807, 2.05) is 39.0 Å². The number of nitrogens with zero attached hydrogens (tertiary/aromatic N) is 1. The molecule has 0 radical (unpaired) electrons. The first-order valence-electron chi connectivity index (χ1n) is 5.84. The molecular formula is C14H16ClNOS. The zero-order chi connectivity index (χ0) is 13.3. The number of halogens is 1. The Bertz CT molecular complexity index is 525. The van der Waals surface area contributed by atoms with Crippen molar-refractivity contribution >= 4 is 22.9 Å². The summed E-state index contributed by atoms with van der Waals surface area (Å²) in [4.78, 5) is 5.65. The van der Waals surface area contributed by atoms with Gasteiger partial charge in [-0.15, -0.1) is 11.3 Å². The fraction of sp³-hybridized carbons (Fsp3) is 0.357. The standard InChI is InChI=1S/C14H16ClNOS/c1-8-4-11(6-12(15)5-8)13(17)7-14-16-9(2)10(3)18-14/h4-6,13,17H,7H2,1-3H3. The summed E-state index contributed by atoms with van der Waals surface area (Å²) in [5, 5.41) is 11.9. The van der Waals surface area contributed by atoms with Crippen molar-refractivity contribution < 1.29 is 5.11 Å². The van der Waals surface area contributed by atoms with E-state index in [0.717, 1.165) is 21.8 Å². The molecule has 0 saturated carbocycles. The van der Waals surface area contributed by atoms with Crippen molar-refractivity contribution in [1.29, 1.82) is 0 Å². The molecule has 0 bridgehead atoms. The number of aliphatic hydroxyl groups is 1. The maximum absolute atomic E-state index is 10.2. The maximum Gasteiger partial charge on any atom is 0.0960 e. The monoisotopic (exact) mass is 281 g/mol. The van der Waals surface area contributed by atoms with Gasteiger partial charge in [0, 0.05) is 16.3 Å². The summed E-state index contributed by atoms with van der Waals surface area (Å²) in [5.41, 5.74) is 2.96. The molecule has 4 heteroatoms. The number of benzene rings is 1. The number of aliphatic hydroxyl groups excluding tert-OH is 1. The quantitative estimate of drug-likeness (QED) is 0.922.